The molecular weight excluding hydrogens is 250 g/mol. The van der Waals surface area contributed by atoms with Gasteiger partial charge in [0.1, 0.15) is 0 Å². The molecule has 1 aromatic carbocycles. The molecule has 2 rings (SSSR count). The first-order valence-corrected chi connectivity index (χ1v) is 8.00. The number of nitrogens with one attached hydrogen (secondary N) is 1. The Bertz CT molecular complexity index is 521. The van der Waals surface area contributed by atoms with Crippen LogP contribution >= 0.6 is 0 Å². The Hall–Kier alpha value is -1.07. The quantitative estimate of drug-likeness (QED) is 0.824. The highest BCUT2D eigenvalue weighted by Gasteiger charge is 2.41. The van der Waals surface area contributed by atoms with Gasteiger partial charge in [-0.3, -0.25) is 0 Å². The second kappa shape index (κ2) is 4.90. The second-order valence-corrected chi connectivity index (χ2v) is 7.08. The van der Waals surface area contributed by atoms with Gasteiger partial charge < -0.3 is 10.4 Å². The maximum Gasteiger partial charge on any atom is 0.177 e. The van der Waals surface area contributed by atoms with Crippen molar-refractivity contribution in [1.82, 2.24) is 0 Å². The molecule has 2 N–H and O–H groups in total. The molecule has 0 unspecified atom stereocenters. The van der Waals surface area contributed by atoms with Gasteiger partial charge in [-0.2, -0.15) is 0 Å². The van der Waals surface area contributed by atoms with E-state index in [0.29, 0.717) is 10.6 Å². The Morgan fingerprint density at radius 1 is 1.33 bits per heavy atom. The molecule has 1 fully saturated rings. The zero-order chi connectivity index (χ0) is 13.2. The summed E-state index contributed by atoms with van der Waals surface area (Å²) in [6.07, 6.45) is 4.19. The van der Waals surface area contributed by atoms with Gasteiger partial charge in [-0.15, -0.1) is 0 Å². The van der Waals surface area contributed by atoms with E-state index >= 15 is 0 Å². The van der Waals surface area contributed by atoms with Crippen molar-refractivity contribution in [1.29, 1.82) is 0 Å². The summed E-state index contributed by atoms with van der Waals surface area (Å²) in [6, 6.07) is 6.94. The molecule has 4 nitrogen and oxygen atoms in total. The lowest BCUT2D eigenvalue weighted by atomic mass is 10.0. The number of hydrogen-bond acceptors (Lipinski definition) is 4. The first-order chi connectivity index (χ1) is 8.47. The van der Waals surface area contributed by atoms with Gasteiger partial charge in [-0.1, -0.05) is 12.1 Å². The molecule has 0 heterocycles. The van der Waals surface area contributed by atoms with E-state index in [0.717, 1.165) is 25.8 Å². The minimum absolute atomic E-state index is 0.166. The highest BCUT2D eigenvalue weighted by molar-refractivity contribution is 7.90. The number of aliphatic hydroxyl groups is 1. The van der Waals surface area contributed by atoms with Crippen molar-refractivity contribution in [2.75, 3.05) is 24.7 Å². The smallest absolute Gasteiger partial charge is 0.177 e. The Morgan fingerprint density at radius 3 is 2.56 bits per heavy atom. The molecular formula is C13H19NO3S. The molecule has 1 aliphatic rings. The van der Waals surface area contributed by atoms with Crippen molar-refractivity contribution < 1.29 is 13.5 Å². The predicted molar refractivity (Wildman–Crippen MR) is 71.4 cm³/mol. The third-order valence-electron chi connectivity index (χ3n) is 3.54. The maximum absolute atomic E-state index is 11.6. The number of rotatable bonds is 6. The van der Waals surface area contributed by atoms with Crippen LogP contribution in [0.2, 0.25) is 0 Å². The molecule has 0 bridgehead atoms. The predicted octanol–water partition coefficient (Wildman–Crippen LogP) is 1.66. The number of anilines is 1. The largest absolute Gasteiger partial charge is 0.396 e. The van der Waals surface area contributed by atoms with Gasteiger partial charge in [0.25, 0.3) is 0 Å². The highest BCUT2D eigenvalue weighted by atomic mass is 32.2. The fraction of sp³-hybridized carbons (Fsp3) is 0.538. The molecule has 18 heavy (non-hydrogen) atoms. The number of hydrogen-bond donors (Lipinski definition) is 2. The van der Waals surface area contributed by atoms with Gasteiger partial charge in [0.2, 0.25) is 0 Å². The van der Waals surface area contributed by atoms with Crippen LogP contribution in [0.1, 0.15) is 19.3 Å². The molecule has 0 saturated heterocycles. The van der Waals surface area contributed by atoms with Crippen molar-refractivity contribution in [3.8, 4) is 0 Å². The van der Waals surface area contributed by atoms with Gasteiger partial charge in [0, 0.05) is 19.4 Å². The normalized spacial score (nSPS) is 17.4. The van der Waals surface area contributed by atoms with E-state index in [1.807, 2.05) is 6.07 Å². The Morgan fingerprint density at radius 2 is 2.00 bits per heavy atom. The third-order valence-corrected chi connectivity index (χ3v) is 4.69. The lowest BCUT2D eigenvalue weighted by Crippen LogP contribution is -2.18. The summed E-state index contributed by atoms with van der Waals surface area (Å²) >= 11 is 0. The number of aliphatic hydroxyl groups excluding tert-OH is 1. The van der Waals surface area contributed by atoms with E-state index in [1.54, 1.807) is 18.2 Å². The number of para-hydroxylation sites is 1. The molecule has 0 radical (unpaired) electrons. The topological polar surface area (TPSA) is 66.4 Å². The first kappa shape index (κ1) is 13.4. The molecule has 0 aromatic heterocycles. The average molecular weight is 269 g/mol. The van der Waals surface area contributed by atoms with E-state index in [9.17, 15) is 8.42 Å². The minimum Gasteiger partial charge on any atom is -0.396 e. The van der Waals surface area contributed by atoms with Gasteiger partial charge in [0.15, 0.2) is 9.84 Å². The van der Waals surface area contributed by atoms with Crippen molar-refractivity contribution in [2.24, 2.45) is 5.41 Å². The van der Waals surface area contributed by atoms with Crippen LogP contribution in [0, 0.1) is 5.41 Å². The standard InChI is InChI=1S/C13H19NO3S/c1-18(16,17)12-5-3-2-4-11(12)14-10-13(6-7-13)8-9-15/h2-5,14-15H,6-10H2,1H3. The average Bonchev–Trinajstić information content (AvgIpc) is 3.07. The van der Waals surface area contributed by atoms with Crippen molar-refractivity contribution in [2.45, 2.75) is 24.2 Å². The molecule has 0 spiro atoms. The second-order valence-electron chi connectivity index (χ2n) is 5.10. The SMILES string of the molecule is CS(=O)(=O)c1ccccc1NCC1(CCO)CC1. The van der Waals surface area contributed by atoms with E-state index < -0.39 is 9.84 Å². The Labute approximate surface area is 108 Å². The van der Waals surface area contributed by atoms with Crippen LogP contribution in [0.4, 0.5) is 5.69 Å². The van der Waals surface area contributed by atoms with Crippen LogP contribution in [0.15, 0.2) is 29.2 Å². The van der Waals surface area contributed by atoms with Crippen LogP contribution in [0.3, 0.4) is 0 Å². The molecule has 0 atom stereocenters. The lowest BCUT2D eigenvalue weighted by molar-refractivity contribution is 0.253. The zero-order valence-electron chi connectivity index (χ0n) is 10.5. The summed E-state index contributed by atoms with van der Waals surface area (Å²) in [7, 11) is -3.20. The van der Waals surface area contributed by atoms with Crippen LogP contribution in [-0.2, 0) is 9.84 Å². The maximum atomic E-state index is 11.6. The van der Waals surface area contributed by atoms with Crippen LogP contribution < -0.4 is 5.32 Å². The van der Waals surface area contributed by atoms with E-state index in [4.69, 9.17) is 5.11 Å². The first-order valence-electron chi connectivity index (χ1n) is 6.11. The molecule has 1 aromatic rings. The fourth-order valence-electron chi connectivity index (χ4n) is 2.15. The van der Waals surface area contributed by atoms with Crippen LogP contribution in [-0.4, -0.2) is 32.9 Å². The molecule has 0 amide bonds. The highest BCUT2D eigenvalue weighted by Crippen LogP contribution is 2.48. The summed E-state index contributed by atoms with van der Waals surface area (Å²) in [5.74, 6) is 0. The van der Waals surface area contributed by atoms with E-state index in [1.165, 1.54) is 6.26 Å². The van der Waals surface area contributed by atoms with Crippen molar-refractivity contribution in [3.63, 3.8) is 0 Å². The van der Waals surface area contributed by atoms with Gasteiger partial charge >= 0.3 is 0 Å². The van der Waals surface area contributed by atoms with Crippen molar-refractivity contribution in [3.05, 3.63) is 24.3 Å². The fourth-order valence-corrected chi connectivity index (χ4v) is 3.01. The van der Waals surface area contributed by atoms with Gasteiger partial charge in [0.05, 0.1) is 10.6 Å². The molecule has 1 saturated carbocycles. The van der Waals surface area contributed by atoms with E-state index in [-0.39, 0.29) is 12.0 Å². The van der Waals surface area contributed by atoms with Gasteiger partial charge in [-0.05, 0) is 36.8 Å². The molecule has 5 heteroatoms. The third kappa shape index (κ3) is 3.03. The molecule has 100 valence electrons. The van der Waals surface area contributed by atoms with Crippen LogP contribution in [0.5, 0.6) is 0 Å². The van der Waals surface area contributed by atoms with E-state index in [2.05, 4.69) is 5.32 Å². The van der Waals surface area contributed by atoms with Crippen LogP contribution in [0.25, 0.3) is 0 Å². The summed E-state index contributed by atoms with van der Waals surface area (Å²) in [5.41, 5.74) is 0.823. The minimum atomic E-state index is -3.20. The lowest BCUT2D eigenvalue weighted by Gasteiger charge is -2.17. The zero-order valence-corrected chi connectivity index (χ0v) is 11.3. The number of sulfone groups is 1. The van der Waals surface area contributed by atoms with Gasteiger partial charge in [-0.25, -0.2) is 8.42 Å². The number of benzene rings is 1. The summed E-state index contributed by atoms with van der Waals surface area (Å²) in [6.45, 7) is 0.912. The summed E-state index contributed by atoms with van der Waals surface area (Å²) in [5, 5.41) is 12.2. The monoisotopic (exact) mass is 269 g/mol. The Balaban J connectivity index is 2.11. The molecule has 0 aliphatic heterocycles. The van der Waals surface area contributed by atoms with Crippen molar-refractivity contribution >= 4 is 15.5 Å². The summed E-state index contributed by atoms with van der Waals surface area (Å²) < 4.78 is 23.3. The molecule has 1 aliphatic carbocycles. The Kier molecular flexibility index (Phi) is 3.64. The summed E-state index contributed by atoms with van der Waals surface area (Å²) in [4.78, 5) is 0.338.